The van der Waals surface area contributed by atoms with Gasteiger partial charge in [-0.05, 0) is 18.6 Å². The van der Waals surface area contributed by atoms with Crippen molar-refractivity contribution >= 4 is 17.5 Å². The average molecular weight is 334 g/mol. The molecule has 0 spiro atoms. The van der Waals surface area contributed by atoms with Crippen LogP contribution in [0.4, 0.5) is 10.2 Å². The van der Waals surface area contributed by atoms with Crippen molar-refractivity contribution in [1.82, 2.24) is 10.0 Å². The molecule has 1 saturated carbocycles. The Hall–Kier alpha value is -1.99. The Labute approximate surface area is 140 Å². The number of nitrogens with zero attached hydrogens (tertiary/aromatic N) is 3. The molecule has 1 aliphatic heterocycles. The molecule has 1 heterocycles. The number of nitrogens with two attached hydrogens (primary N) is 1. The van der Waals surface area contributed by atoms with Crippen LogP contribution in [0.1, 0.15) is 20.3 Å². The lowest BCUT2D eigenvalue weighted by Crippen LogP contribution is -2.63. The topological polar surface area (TPSA) is 69.9 Å². The number of amides is 2. The van der Waals surface area contributed by atoms with E-state index < -0.39 is 6.17 Å². The highest BCUT2D eigenvalue weighted by Crippen LogP contribution is 2.44. The zero-order valence-electron chi connectivity index (χ0n) is 13.9. The van der Waals surface area contributed by atoms with Crippen LogP contribution in [0, 0.1) is 5.92 Å². The van der Waals surface area contributed by atoms with Crippen LogP contribution >= 0.6 is 0 Å². The van der Waals surface area contributed by atoms with Gasteiger partial charge in [0.1, 0.15) is 0 Å². The molecule has 4 unspecified atom stereocenters. The predicted octanol–water partition coefficient (Wildman–Crippen LogP) is 1.13. The number of carbonyl (C=O) groups excluding carboxylic acids is 2. The Morgan fingerprint density at radius 3 is 2.46 bits per heavy atom. The van der Waals surface area contributed by atoms with Gasteiger partial charge in [-0.15, -0.1) is 9.60 Å². The number of benzene rings is 1. The van der Waals surface area contributed by atoms with Gasteiger partial charge in [0.2, 0.25) is 11.8 Å². The average Bonchev–Trinajstić information content (AvgIpc) is 3.27. The van der Waals surface area contributed by atoms with Gasteiger partial charge < -0.3 is 15.5 Å². The number of anilines is 1. The van der Waals surface area contributed by atoms with Crippen LogP contribution in [0.2, 0.25) is 0 Å². The van der Waals surface area contributed by atoms with Crippen molar-refractivity contribution in [2.75, 3.05) is 18.0 Å². The SMILES string of the molecule is CC(=O)N(c1ccccc1)C1CC1C1CN(F)CC(N)N1C(C)=O. The Morgan fingerprint density at radius 2 is 1.88 bits per heavy atom. The van der Waals surface area contributed by atoms with E-state index in [1.54, 1.807) is 9.80 Å². The lowest BCUT2D eigenvalue weighted by Gasteiger charge is -2.42. The molecule has 2 amide bonds. The minimum atomic E-state index is -0.657. The molecule has 7 heteroatoms. The highest BCUT2D eigenvalue weighted by Gasteiger charge is 2.53. The molecular weight excluding hydrogens is 311 g/mol. The maximum Gasteiger partial charge on any atom is 0.224 e. The van der Waals surface area contributed by atoms with E-state index >= 15 is 0 Å². The molecule has 0 bridgehead atoms. The maximum absolute atomic E-state index is 13.9. The van der Waals surface area contributed by atoms with Gasteiger partial charge in [0.25, 0.3) is 0 Å². The molecule has 0 aromatic heterocycles. The smallest absolute Gasteiger partial charge is 0.224 e. The fraction of sp³-hybridized carbons (Fsp3) is 0.529. The number of hydrogen-bond donors (Lipinski definition) is 1. The van der Waals surface area contributed by atoms with Crippen LogP contribution in [-0.4, -0.2) is 53.2 Å². The maximum atomic E-state index is 13.9. The van der Waals surface area contributed by atoms with E-state index in [1.807, 2.05) is 30.3 Å². The summed E-state index contributed by atoms with van der Waals surface area (Å²) in [6, 6.07) is 9.07. The molecule has 2 aliphatic rings. The summed E-state index contributed by atoms with van der Waals surface area (Å²) in [5.41, 5.74) is 6.78. The first-order chi connectivity index (χ1) is 11.4. The molecule has 1 saturated heterocycles. The standard InChI is InChI=1S/C17H23FN4O2/c1-11(23)21(13-6-4-3-5-7-13)15-8-14(15)16-9-20(18)10-17(19)22(16)12(2)24/h3-7,14-17H,8-10,19H2,1-2H3. The van der Waals surface area contributed by atoms with E-state index in [4.69, 9.17) is 5.73 Å². The van der Waals surface area contributed by atoms with Crippen LogP contribution in [0.15, 0.2) is 30.3 Å². The molecule has 4 atom stereocenters. The monoisotopic (exact) mass is 334 g/mol. The van der Waals surface area contributed by atoms with E-state index in [2.05, 4.69) is 0 Å². The third-order valence-electron chi connectivity index (χ3n) is 4.85. The van der Waals surface area contributed by atoms with Crippen molar-refractivity contribution < 1.29 is 14.1 Å². The van der Waals surface area contributed by atoms with Crippen LogP contribution in [0.5, 0.6) is 0 Å². The van der Waals surface area contributed by atoms with Crippen molar-refractivity contribution in [3.05, 3.63) is 30.3 Å². The van der Waals surface area contributed by atoms with Crippen molar-refractivity contribution in [3.8, 4) is 0 Å². The number of para-hydroxylation sites is 1. The van der Waals surface area contributed by atoms with Crippen molar-refractivity contribution in [3.63, 3.8) is 0 Å². The second-order valence-corrected chi connectivity index (χ2v) is 6.58. The highest BCUT2D eigenvalue weighted by molar-refractivity contribution is 5.92. The first kappa shape index (κ1) is 16.9. The fourth-order valence-corrected chi connectivity index (χ4v) is 3.82. The zero-order valence-corrected chi connectivity index (χ0v) is 13.9. The van der Waals surface area contributed by atoms with Gasteiger partial charge in [-0.3, -0.25) is 9.59 Å². The third-order valence-corrected chi connectivity index (χ3v) is 4.85. The van der Waals surface area contributed by atoms with Gasteiger partial charge in [0.05, 0.1) is 25.3 Å². The summed E-state index contributed by atoms with van der Waals surface area (Å²) in [7, 11) is 0. The molecule has 6 nitrogen and oxygen atoms in total. The molecular formula is C17H23FN4O2. The Kier molecular flexibility index (Phi) is 4.56. The highest BCUT2D eigenvalue weighted by atomic mass is 19.2. The zero-order chi connectivity index (χ0) is 17.4. The van der Waals surface area contributed by atoms with Crippen molar-refractivity contribution in [2.24, 2.45) is 11.7 Å². The fourth-order valence-electron chi connectivity index (χ4n) is 3.82. The van der Waals surface area contributed by atoms with Gasteiger partial charge in [0.15, 0.2) is 0 Å². The van der Waals surface area contributed by atoms with Crippen LogP contribution in [0.3, 0.4) is 0 Å². The van der Waals surface area contributed by atoms with E-state index in [0.717, 1.165) is 12.1 Å². The lowest BCUT2D eigenvalue weighted by molar-refractivity contribution is -0.146. The van der Waals surface area contributed by atoms with E-state index in [1.165, 1.54) is 13.8 Å². The predicted molar refractivity (Wildman–Crippen MR) is 88.5 cm³/mol. The summed E-state index contributed by atoms with van der Waals surface area (Å²) in [5, 5.41) is 0.671. The van der Waals surface area contributed by atoms with E-state index in [9.17, 15) is 14.1 Å². The van der Waals surface area contributed by atoms with Gasteiger partial charge >= 0.3 is 0 Å². The van der Waals surface area contributed by atoms with Crippen molar-refractivity contribution in [2.45, 2.75) is 38.5 Å². The molecule has 3 rings (SSSR count). The number of hydrogen-bond acceptors (Lipinski definition) is 4. The summed E-state index contributed by atoms with van der Waals surface area (Å²) in [5.74, 6) is -0.178. The second kappa shape index (κ2) is 6.49. The molecule has 130 valence electrons. The number of halogens is 1. The minimum absolute atomic E-state index is 0.0164. The lowest BCUT2D eigenvalue weighted by atomic mass is 10.1. The minimum Gasteiger partial charge on any atom is -0.321 e. The molecule has 1 aromatic carbocycles. The van der Waals surface area contributed by atoms with Gasteiger partial charge in [-0.2, -0.15) is 0 Å². The van der Waals surface area contributed by atoms with Gasteiger partial charge in [-0.1, -0.05) is 18.2 Å². The summed E-state index contributed by atoms with van der Waals surface area (Å²) in [6.45, 7) is 3.13. The molecule has 24 heavy (non-hydrogen) atoms. The van der Waals surface area contributed by atoms with E-state index in [-0.39, 0.29) is 42.9 Å². The number of rotatable bonds is 3. The quantitative estimate of drug-likeness (QED) is 0.842. The Morgan fingerprint density at radius 1 is 1.21 bits per heavy atom. The summed E-state index contributed by atoms with van der Waals surface area (Å²) in [6.07, 6.45) is 0.0822. The number of carbonyl (C=O) groups is 2. The molecule has 0 radical (unpaired) electrons. The summed E-state index contributed by atoms with van der Waals surface area (Å²) >= 11 is 0. The summed E-state index contributed by atoms with van der Waals surface area (Å²) < 4.78 is 13.9. The van der Waals surface area contributed by atoms with Crippen LogP contribution in [-0.2, 0) is 9.59 Å². The Balaban J connectivity index is 1.81. The van der Waals surface area contributed by atoms with Gasteiger partial charge in [0, 0.05) is 31.5 Å². The summed E-state index contributed by atoms with van der Waals surface area (Å²) in [4.78, 5) is 27.4. The Bertz CT molecular complexity index is 626. The molecule has 1 aromatic rings. The molecule has 1 aliphatic carbocycles. The third kappa shape index (κ3) is 3.14. The molecule has 2 N–H and O–H groups in total. The van der Waals surface area contributed by atoms with Crippen LogP contribution < -0.4 is 10.6 Å². The van der Waals surface area contributed by atoms with Crippen molar-refractivity contribution in [1.29, 1.82) is 0 Å². The van der Waals surface area contributed by atoms with Crippen LogP contribution in [0.25, 0.3) is 0 Å². The largest absolute Gasteiger partial charge is 0.321 e. The molecule has 2 fully saturated rings. The first-order valence-electron chi connectivity index (χ1n) is 8.20. The van der Waals surface area contributed by atoms with E-state index in [0.29, 0.717) is 5.12 Å². The number of piperazine rings is 1. The van der Waals surface area contributed by atoms with Gasteiger partial charge in [-0.25, -0.2) is 0 Å². The second-order valence-electron chi connectivity index (χ2n) is 6.58. The first-order valence-corrected chi connectivity index (χ1v) is 8.20. The normalized spacial score (nSPS) is 30.1.